The topological polar surface area (TPSA) is 90.7 Å². The standard InChI is InChI=1S/C29H28F3N3O4/c1-17-24(26(37)20-12-13-20)25(19-10-8-18(15-33)9-11-19)34(16-23(36)39-28(2,3)4)27(38)35(17)22-7-5-6-21(14-22)29(30,31)32/h5-11,14,20,25H,12-13,16H2,1-4H3/t25-/m1/s1. The van der Waals surface area contributed by atoms with Gasteiger partial charge in [-0.15, -0.1) is 0 Å². The van der Waals surface area contributed by atoms with Crippen molar-refractivity contribution in [2.45, 2.75) is 58.4 Å². The average Bonchev–Trinajstić information content (AvgIpc) is 3.69. The van der Waals surface area contributed by atoms with Gasteiger partial charge in [-0.05, 0) is 76.4 Å². The number of hydrogen-bond acceptors (Lipinski definition) is 5. The van der Waals surface area contributed by atoms with E-state index in [0.717, 1.165) is 21.9 Å². The lowest BCUT2D eigenvalue weighted by Gasteiger charge is -2.43. The Morgan fingerprint density at radius 3 is 2.26 bits per heavy atom. The van der Waals surface area contributed by atoms with Crippen molar-refractivity contribution in [1.29, 1.82) is 5.26 Å². The van der Waals surface area contributed by atoms with Gasteiger partial charge in [0.2, 0.25) is 0 Å². The zero-order valence-electron chi connectivity index (χ0n) is 22.0. The molecule has 2 amide bonds. The molecule has 39 heavy (non-hydrogen) atoms. The van der Waals surface area contributed by atoms with Gasteiger partial charge in [-0.3, -0.25) is 14.5 Å². The zero-order chi connectivity index (χ0) is 28.7. The number of carbonyl (C=O) groups is 3. The molecule has 0 aromatic heterocycles. The lowest BCUT2D eigenvalue weighted by atomic mass is 9.88. The number of alkyl halides is 3. The maximum absolute atomic E-state index is 14.0. The van der Waals surface area contributed by atoms with Crippen molar-refractivity contribution in [2.75, 3.05) is 11.4 Å². The molecule has 0 unspecified atom stereocenters. The summed E-state index contributed by atoms with van der Waals surface area (Å²) in [5, 5.41) is 9.24. The minimum atomic E-state index is -4.65. The highest BCUT2D eigenvalue weighted by molar-refractivity contribution is 6.07. The molecule has 0 N–H and O–H groups in total. The number of benzene rings is 2. The lowest BCUT2D eigenvalue weighted by molar-refractivity contribution is -0.156. The minimum absolute atomic E-state index is 0.0825. The molecule has 4 rings (SSSR count). The Balaban J connectivity index is 1.91. The van der Waals surface area contributed by atoms with Crippen LogP contribution in [0.25, 0.3) is 0 Å². The summed E-state index contributed by atoms with van der Waals surface area (Å²) in [6, 6.07) is 10.8. The number of ketones is 1. The second kappa shape index (κ2) is 10.2. The van der Waals surface area contributed by atoms with Gasteiger partial charge in [0.05, 0.1) is 28.9 Å². The minimum Gasteiger partial charge on any atom is -0.459 e. The molecule has 1 atom stereocenters. The molecule has 7 nitrogen and oxygen atoms in total. The summed E-state index contributed by atoms with van der Waals surface area (Å²) in [6.45, 7) is 5.98. The normalized spacial score (nSPS) is 18.2. The summed E-state index contributed by atoms with van der Waals surface area (Å²) in [4.78, 5) is 42.9. The third-order valence-corrected chi connectivity index (χ3v) is 6.47. The highest BCUT2D eigenvalue weighted by atomic mass is 19.4. The molecule has 1 saturated carbocycles. The second-order valence-corrected chi connectivity index (χ2v) is 10.7. The molecular formula is C29H28F3N3O4. The lowest BCUT2D eigenvalue weighted by Crippen LogP contribution is -2.53. The van der Waals surface area contributed by atoms with Gasteiger partial charge in [0.15, 0.2) is 5.78 Å². The molecule has 204 valence electrons. The Morgan fingerprint density at radius 2 is 1.72 bits per heavy atom. The number of esters is 1. The van der Waals surface area contributed by atoms with Gasteiger partial charge in [-0.1, -0.05) is 18.2 Å². The molecule has 0 spiro atoms. The summed E-state index contributed by atoms with van der Waals surface area (Å²) in [7, 11) is 0. The van der Waals surface area contributed by atoms with Crippen LogP contribution in [-0.2, 0) is 20.5 Å². The molecule has 1 aliphatic carbocycles. The first kappa shape index (κ1) is 27.9. The quantitative estimate of drug-likeness (QED) is 0.411. The van der Waals surface area contributed by atoms with Gasteiger partial charge in [-0.25, -0.2) is 4.79 Å². The van der Waals surface area contributed by atoms with Crippen LogP contribution in [0.2, 0.25) is 0 Å². The van der Waals surface area contributed by atoms with Crippen molar-refractivity contribution in [3.63, 3.8) is 0 Å². The van der Waals surface area contributed by atoms with Crippen molar-refractivity contribution < 1.29 is 32.3 Å². The SMILES string of the molecule is CC1=C(C(=O)C2CC2)[C@@H](c2ccc(C#N)cc2)N(CC(=O)OC(C)(C)C)C(=O)N1c1cccc(C(F)(F)F)c1. The molecule has 0 saturated heterocycles. The van der Waals surface area contributed by atoms with E-state index in [1.54, 1.807) is 45.0 Å². The fourth-order valence-corrected chi connectivity index (χ4v) is 4.62. The third kappa shape index (κ3) is 5.98. The van der Waals surface area contributed by atoms with Crippen LogP contribution in [-0.4, -0.2) is 34.8 Å². The molecule has 1 aliphatic heterocycles. The zero-order valence-corrected chi connectivity index (χ0v) is 22.0. The number of ether oxygens (including phenoxy) is 1. The maximum atomic E-state index is 14.0. The van der Waals surface area contributed by atoms with Crippen LogP contribution < -0.4 is 4.90 Å². The van der Waals surface area contributed by atoms with Gasteiger partial charge in [0, 0.05) is 17.2 Å². The molecule has 1 fully saturated rings. The van der Waals surface area contributed by atoms with E-state index in [2.05, 4.69) is 0 Å². The Morgan fingerprint density at radius 1 is 1.08 bits per heavy atom. The third-order valence-electron chi connectivity index (χ3n) is 6.47. The monoisotopic (exact) mass is 539 g/mol. The predicted molar refractivity (Wildman–Crippen MR) is 136 cm³/mol. The van der Waals surface area contributed by atoms with Crippen LogP contribution in [0.1, 0.15) is 63.3 Å². The first-order valence-electron chi connectivity index (χ1n) is 12.5. The number of allylic oxidation sites excluding steroid dienone is 1. The second-order valence-electron chi connectivity index (χ2n) is 10.7. The van der Waals surface area contributed by atoms with Crippen LogP contribution in [0.3, 0.4) is 0 Å². The largest absolute Gasteiger partial charge is 0.459 e. The maximum Gasteiger partial charge on any atom is 0.416 e. The van der Waals surface area contributed by atoms with E-state index in [9.17, 15) is 32.8 Å². The smallest absolute Gasteiger partial charge is 0.416 e. The fraction of sp³-hybridized carbons (Fsp3) is 0.379. The van der Waals surface area contributed by atoms with Gasteiger partial charge >= 0.3 is 18.2 Å². The van der Waals surface area contributed by atoms with E-state index in [1.165, 1.54) is 19.1 Å². The Kier molecular flexibility index (Phi) is 7.30. The van der Waals surface area contributed by atoms with Crippen LogP contribution in [0.15, 0.2) is 59.8 Å². The number of amides is 2. The van der Waals surface area contributed by atoms with Crippen LogP contribution >= 0.6 is 0 Å². The van der Waals surface area contributed by atoms with Crippen molar-refractivity contribution in [3.05, 3.63) is 76.5 Å². The summed E-state index contributed by atoms with van der Waals surface area (Å²) in [5.74, 6) is -1.26. The number of nitriles is 1. The van der Waals surface area contributed by atoms with Gasteiger partial charge in [-0.2, -0.15) is 18.4 Å². The molecule has 2 aromatic rings. The first-order valence-corrected chi connectivity index (χ1v) is 12.5. The van der Waals surface area contributed by atoms with Gasteiger partial charge in [0.25, 0.3) is 0 Å². The van der Waals surface area contributed by atoms with Crippen molar-refractivity contribution >= 4 is 23.5 Å². The molecular weight excluding hydrogens is 511 g/mol. The summed E-state index contributed by atoms with van der Waals surface area (Å²) in [5.41, 5.74) is -0.656. The fourth-order valence-electron chi connectivity index (χ4n) is 4.62. The number of nitrogens with zero attached hydrogens (tertiary/aromatic N) is 3. The number of urea groups is 1. The van der Waals surface area contributed by atoms with Crippen LogP contribution in [0, 0.1) is 17.2 Å². The molecule has 2 aliphatic rings. The van der Waals surface area contributed by atoms with E-state index < -0.39 is 41.9 Å². The van der Waals surface area contributed by atoms with Crippen molar-refractivity contribution in [2.24, 2.45) is 5.92 Å². The Labute approximate surface area is 224 Å². The summed E-state index contributed by atoms with van der Waals surface area (Å²) >= 11 is 0. The summed E-state index contributed by atoms with van der Waals surface area (Å²) < 4.78 is 46.1. The number of carbonyl (C=O) groups excluding carboxylic acids is 3. The van der Waals surface area contributed by atoms with Crippen LogP contribution in [0.5, 0.6) is 0 Å². The van der Waals surface area contributed by atoms with Crippen LogP contribution in [0.4, 0.5) is 23.7 Å². The molecule has 2 aromatic carbocycles. The summed E-state index contributed by atoms with van der Waals surface area (Å²) in [6.07, 6.45) is -3.35. The van der Waals surface area contributed by atoms with Gasteiger partial charge < -0.3 is 9.64 Å². The Bertz CT molecular complexity index is 1380. The molecule has 10 heteroatoms. The van der Waals surface area contributed by atoms with Crippen molar-refractivity contribution in [1.82, 2.24) is 4.90 Å². The number of hydrogen-bond donors (Lipinski definition) is 0. The van der Waals surface area contributed by atoms with E-state index in [0.29, 0.717) is 24.0 Å². The molecule has 1 heterocycles. The van der Waals surface area contributed by atoms with E-state index in [4.69, 9.17) is 4.74 Å². The van der Waals surface area contributed by atoms with Gasteiger partial charge in [0.1, 0.15) is 12.1 Å². The highest BCUT2D eigenvalue weighted by Crippen LogP contribution is 2.45. The molecule has 0 bridgehead atoms. The van der Waals surface area contributed by atoms with E-state index in [-0.39, 0.29) is 28.7 Å². The average molecular weight is 540 g/mol. The number of halogens is 3. The van der Waals surface area contributed by atoms with E-state index >= 15 is 0 Å². The van der Waals surface area contributed by atoms with E-state index in [1.807, 2.05) is 6.07 Å². The predicted octanol–water partition coefficient (Wildman–Crippen LogP) is 6.16. The highest BCUT2D eigenvalue weighted by Gasteiger charge is 2.46. The number of Topliss-reactive ketones (excluding diaryl/α,β-unsaturated/α-hetero) is 1. The number of anilines is 1. The number of rotatable bonds is 6. The Hall–Kier alpha value is -4.13. The van der Waals surface area contributed by atoms with Crippen molar-refractivity contribution in [3.8, 4) is 6.07 Å². The molecule has 0 radical (unpaired) electrons. The first-order chi connectivity index (χ1) is 18.2.